The van der Waals surface area contributed by atoms with Crippen LogP contribution in [0.2, 0.25) is 5.02 Å². The molecule has 0 aliphatic heterocycles. The quantitative estimate of drug-likeness (QED) is 0.564. The molecule has 1 aromatic heterocycles. The SMILES string of the molecule is Cc1c(C(=O)NS(=O)(=O)c2ccc(OC(F)(F)F)cc2)nnn1-c1ccc(Cl)cc1F. The fourth-order valence-corrected chi connectivity index (χ4v) is 3.58. The molecule has 0 aliphatic rings. The van der Waals surface area contributed by atoms with Crippen molar-refractivity contribution >= 4 is 27.5 Å². The Morgan fingerprint density at radius 3 is 2.39 bits per heavy atom. The van der Waals surface area contributed by atoms with Crippen molar-refractivity contribution in [3.05, 3.63) is 64.7 Å². The normalized spacial score (nSPS) is 11.9. The number of halogens is 5. The summed E-state index contributed by atoms with van der Waals surface area (Å²) in [5.74, 6) is -2.56. The van der Waals surface area contributed by atoms with Crippen LogP contribution in [-0.2, 0) is 10.0 Å². The maximum atomic E-state index is 14.1. The van der Waals surface area contributed by atoms with Crippen molar-refractivity contribution in [2.45, 2.75) is 18.2 Å². The largest absolute Gasteiger partial charge is 0.573 e. The highest BCUT2D eigenvalue weighted by molar-refractivity contribution is 7.90. The molecule has 2 aromatic carbocycles. The van der Waals surface area contributed by atoms with E-state index in [4.69, 9.17) is 11.6 Å². The van der Waals surface area contributed by atoms with Crippen LogP contribution in [0.1, 0.15) is 16.2 Å². The third-order valence-corrected chi connectivity index (χ3v) is 5.42. The molecule has 31 heavy (non-hydrogen) atoms. The Morgan fingerprint density at radius 1 is 1.16 bits per heavy atom. The van der Waals surface area contributed by atoms with Gasteiger partial charge < -0.3 is 4.74 Å². The number of carbonyl (C=O) groups excluding carboxylic acids is 1. The monoisotopic (exact) mass is 478 g/mol. The van der Waals surface area contributed by atoms with E-state index in [-0.39, 0.29) is 16.4 Å². The molecule has 14 heteroatoms. The van der Waals surface area contributed by atoms with Gasteiger partial charge in [0.1, 0.15) is 17.3 Å². The minimum Gasteiger partial charge on any atom is -0.406 e. The second-order valence-corrected chi connectivity index (χ2v) is 8.10. The van der Waals surface area contributed by atoms with Gasteiger partial charge >= 0.3 is 6.36 Å². The smallest absolute Gasteiger partial charge is 0.406 e. The highest BCUT2D eigenvalue weighted by Gasteiger charge is 2.31. The lowest BCUT2D eigenvalue weighted by Crippen LogP contribution is -2.31. The van der Waals surface area contributed by atoms with Crippen LogP contribution in [0.25, 0.3) is 5.69 Å². The molecule has 1 N–H and O–H groups in total. The van der Waals surface area contributed by atoms with Crippen LogP contribution in [-0.4, -0.2) is 35.7 Å². The summed E-state index contributed by atoms with van der Waals surface area (Å²) in [6.45, 7) is 1.36. The molecule has 0 saturated heterocycles. The van der Waals surface area contributed by atoms with E-state index in [0.717, 1.165) is 35.0 Å². The first-order valence-electron chi connectivity index (χ1n) is 8.18. The number of carbonyl (C=O) groups is 1. The number of aromatic nitrogens is 3. The van der Waals surface area contributed by atoms with Crippen molar-refractivity contribution in [1.82, 2.24) is 19.7 Å². The lowest BCUT2D eigenvalue weighted by Gasteiger charge is -2.10. The van der Waals surface area contributed by atoms with Crippen LogP contribution in [0, 0.1) is 12.7 Å². The van der Waals surface area contributed by atoms with E-state index in [1.54, 1.807) is 4.72 Å². The summed E-state index contributed by atoms with van der Waals surface area (Å²) in [7, 11) is -4.46. The highest BCUT2D eigenvalue weighted by atomic mass is 35.5. The van der Waals surface area contributed by atoms with Gasteiger partial charge in [-0.15, -0.1) is 18.3 Å². The van der Waals surface area contributed by atoms with Gasteiger partial charge in [-0.05, 0) is 49.4 Å². The second-order valence-electron chi connectivity index (χ2n) is 5.98. The molecule has 0 spiro atoms. The number of amides is 1. The molecular weight excluding hydrogens is 468 g/mol. The van der Waals surface area contributed by atoms with E-state index in [2.05, 4.69) is 15.0 Å². The number of sulfonamides is 1. The van der Waals surface area contributed by atoms with Crippen LogP contribution in [0.3, 0.4) is 0 Å². The summed E-state index contributed by atoms with van der Waals surface area (Å²) in [6, 6.07) is 6.90. The molecule has 3 aromatic rings. The molecule has 3 rings (SSSR count). The summed E-state index contributed by atoms with van der Waals surface area (Å²) in [5.41, 5.74) is -0.450. The fourth-order valence-electron chi connectivity index (χ4n) is 2.47. The number of alkyl halides is 3. The number of rotatable bonds is 5. The maximum Gasteiger partial charge on any atom is 0.573 e. The fraction of sp³-hybridized carbons (Fsp3) is 0.118. The highest BCUT2D eigenvalue weighted by Crippen LogP contribution is 2.24. The van der Waals surface area contributed by atoms with Gasteiger partial charge in [-0.3, -0.25) is 4.79 Å². The summed E-state index contributed by atoms with van der Waals surface area (Å²) >= 11 is 5.69. The van der Waals surface area contributed by atoms with E-state index in [9.17, 15) is 30.8 Å². The Labute approximate surface area is 177 Å². The Kier molecular flexibility index (Phi) is 5.91. The zero-order chi connectivity index (χ0) is 23.0. The Balaban J connectivity index is 1.82. The van der Waals surface area contributed by atoms with Gasteiger partial charge in [0.2, 0.25) is 0 Å². The topological polar surface area (TPSA) is 103 Å². The standard InChI is InChI=1S/C17H11ClF4N4O4S/c1-9-15(23-25-26(9)14-7-2-10(18)8-13(14)19)16(27)24-31(28,29)12-5-3-11(4-6-12)30-17(20,21)22/h2-8H,1H3,(H,24,27). The number of nitrogens with one attached hydrogen (secondary N) is 1. The molecule has 164 valence electrons. The molecule has 0 saturated carbocycles. The first-order valence-corrected chi connectivity index (χ1v) is 10.0. The summed E-state index contributed by atoms with van der Waals surface area (Å²) in [6.07, 6.45) is -4.94. The van der Waals surface area contributed by atoms with Gasteiger partial charge in [-0.25, -0.2) is 22.2 Å². The van der Waals surface area contributed by atoms with Gasteiger partial charge in [0.15, 0.2) is 5.69 Å². The Hall–Kier alpha value is -3.19. The zero-order valence-electron chi connectivity index (χ0n) is 15.3. The first-order chi connectivity index (χ1) is 14.4. The lowest BCUT2D eigenvalue weighted by molar-refractivity contribution is -0.274. The van der Waals surface area contributed by atoms with Crippen molar-refractivity contribution in [1.29, 1.82) is 0 Å². The van der Waals surface area contributed by atoms with E-state index >= 15 is 0 Å². The first kappa shape index (κ1) is 22.5. The molecule has 0 aliphatic carbocycles. The summed E-state index contributed by atoms with van der Waals surface area (Å²) in [5, 5.41) is 7.36. The average molecular weight is 479 g/mol. The van der Waals surface area contributed by atoms with E-state index in [0.29, 0.717) is 0 Å². The minimum absolute atomic E-state index is 0.0304. The third-order valence-electron chi connectivity index (χ3n) is 3.84. The van der Waals surface area contributed by atoms with E-state index in [1.807, 2.05) is 0 Å². The van der Waals surface area contributed by atoms with E-state index in [1.165, 1.54) is 19.1 Å². The van der Waals surface area contributed by atoms with Crippen LogP contribution < -0.4 is 9.46 Å². The molecule has 8 nitrogen and oxygen atoms in total. The Morgan fingerprint density at radius 2 is 1.81 bits per heavy atom. The molecule has 1 amide bonds. The van der Waals surface area contributed by atoms with Gasteiger partial charge in [-0.1, -0.05) is 16.8 Å². The van der Waals surface area contributed by atoms with Crippen LogP contribution in [0.15, 0.2) is 47.4 Å². The van der Waals surface area contributed by atoms with Gasteiger partial charge in [0.25, 0.3) is 15.9 Å². The molecule has 0 fully saturated rings. The van der Waals surface area contributed by atoms with Crippen molar-refractivity contribution < 1.29 is 35.5 Å². The van der Waals surface area contributed by atoms with Gasteiger partial charge in [0, 0.05) is 5.02 Å². The van der Waals surface area contributed by atoms with E-state index < -0.39 is 44.4 Å². The molecule has 0 unspecified atom stereocenters. The number of ether oxygens (including phenoxy) is 1. The number of hydrogen-bond acceptors (Lipinski definition) is 6. The molecule has 1 heterocycles. The van der Waals surface area contributed by atoms with Crippen LogP contribution in [0.4, 0.5) is 17.6 Å². The van der Waals surface area contributed by atoms with Crippen molar-refractivity contribution in [2.24, 2.45) is 0 Å². The van der Waals surface area contributed by atoms with Gasteiger partial charge in [-0.2, -0.15) is 0 Å². The summed E-state index contributed by atoms with van der Waals surface area (Å²) in [4.78, 5) is 11.9. The molecule has 0 radical (unpaired) electrons. The van der Waals surface area contributed by atoms with Crippen LogP contribution in [0.5, 0.6) is 5.75 Å². The predicted octanol–water partition coefficient (Wildman–Crippen LogP) is 3.39. The minimum atomic E-state index is -4.94. The predicted molar refractivity (Wildman–Crippen MR) is 98.8 cm³/mol. The molecule has 0 bridgehead atoms. The zero-order valence-corrected chi connectivity index (χ0v) is 16.9. The lowest BCUT2D eigenvalue weighted by atomic mass is 10.2. The number of nitrogens with zero attached hydrogens (tertiary/aromatic N) is 3. The molecular formula is C17H11ClF4N4O4S. The maximum absolute atomic E-state index is 14.1. The average Bonchev–Trinajstić information content (AvgIpc) is 3.02. The Bertz CT molecular complexity index is 1240. The van der Waals surface area contributed by atoms with Crippen molar-refractivity contribution in [3.63, 3.8) is 0 Å². The van der Waals surface area contributed by atoms with Crippen molar-refractivity contribution in [3.8, 4) is 11.4 Å². The molecule has 0 atom stereocenters. The number of hydrogen-bond donors (Lipinski definition) is 1. The third kappa shape index (κ3) is 5.11. The van der Waals surface area contributed by atoms with Gasteiger partial charge in [0.05, 0.1) is 10.6 Å². The number of benzene rings is 2. The summed E-state index contributed by atoms with van der Waals surface area (Å²) < 4.78 is 81.8. The van der Waals surface area contributed by atoms with Crippen LogP contribution >= 0.6 is 11.6 Å². The second kappa shape index (κ2) is 8.15. The van der Waals surface area contributed by atoms with Crippen molar-refractivity contribution in [2.75, 3.05) is 0 Å².